The van der Waals surface area contributed by atoms with Crippen molar-refractivity contribution in [3.63, 3.8) is 0 Å². The Morgan fingerprint density at radius 2 is 1.92 bits per heavy atom. The van der Waals surface area contributed by atoms with E-state index in [1.165, 1.54) is 4.90 Å². The van der Waals surface area contributed by atoms with Gasteiger partial charge in [-0.2, -0.15) is 0 Å². The first-order valence-electron chi connectivity index (χ1n) is 4.55. The van der Waals surface area contributed by atoms with Gasteiger partial charge < -0.3 is 10.0 Å². The van der Waals surface area contributed by atoms with Gasteiger partial charge in [0.1, 0.15) is 0 Å². The fraction of sp³-hybridized carbons (Fsp3) is 0.778. The van der Waals surface area contributed by atoms with Gasteiger partial charge in [-0.1, -0.05) is 20.3 Å². The van der Waals surface area contributed by atoms with E-state index < -0.39 is 11.9 Å². The largest absolute Gasteiger partial charge is 0.474 e. The highest BCUT2D eigenvalue weighted by Crippen LogP contribution is 2.04. The molecule has 0 aromatic heterocycles. The molecule has 4 nitrogen and oxygen atoms in total. The first kappa shape index (κ1) is 11.9. The number of rotatable bonds is 4. The molecule has 0 radical (unpaired) electrons. The minimum atomic E-state index is -1.37. The molecule has 76 valence electrons. The van der Waals surface area contributed by atoms with Crippen molar-refractivity contribution in [1.29, 1.82) is 0 Å². The van der Waals surface area contributed by atoms with Crippen LogP contribution in [0.25, 0.3) is 0 Å². The molecule has 1 N–H and O–H groups in total. The van der Waals surface area contributed by atoms with E-state index in [1.54, 1.807) is 6.92 Å². The third kappa shape index (κ3) is 3.92. The lowest BCUT2D eigenvalue weighted by atomic mass is 10.1. The number of carbonyl (C=O) groups excluding carboxylic acids is 1. The quantitative estimate of drug-likeness (QED) is 0.667. The Kier molecular flexibility index (Phi) is 5.11. The second-order valence-corrected chi connectivity index (χ2v) is 3.16. The van der Waals surface area contributed by atoms with Crippen molar-refractivity contribution >= 4 is 11.9 Å². The van der Waals surface area contributed by atoms with Gasteiger partial charge in [0.05, 0.1) is 0 Å². The van der Waals surface area contributed by atoms with Gasteiger partial charge in [0.2, 0.25) is 0 Å². The van der Waals surface area contributed by atoms with Crippen LogP contribution in [0.3, 0.4) is 0 Å². The van der Waals surface area contributed by atoms with Crippen molar-refractivity contribution in [1.82, 2.24) is 4.90 Å². The van der Waals surface area contributed by atoms with E-state index in [4.69, 9.17) is 5.11 Å². The van der Waals surface area contributed by atoms with E-state index in [0.717, 1.165) is 6.42 Å². The van der Waals surface area contributed by atoms with Gasteiger partial charge in [0.25, 0.3) is 0 Å². The lowest BCUT2D eigenvalue weighted by Crippen LogP contribution is -2.38. The number of hydrogen-bond donors (Lipinski definition) is 1. The molecule has 13 heavy (non-hydrogen) atoms. The summed E-state index contributed by atoms with van der Waals surface area (Å²) in [6.07, 6.45) is 0.948. The molecular formula is C9H17NO3. The number of carbonyl (C=O) groups is 2. The Labute approximate surface area is 78.5 Å². The van der Waals surface area contributed by atoms with Gasteiger partial charge in [-0.15, -0.1) is 0 Å². The summed E-state index contributed by atoms with van der Waals surface area (Å²) in [6, 6.07) is 0. The number of aliphatic carboxylic acids is 1. The predicted octanol–water partition coefficient (Wildman–Crippen LogP) is 0.966. The Balaban J connectivity index is 4.18. The summed E-state index contributed by atoms with van der Waals surface area (Å²) in [5.74, 6) is -1.82. The molecule has 1 unspecified atom stereocenters. The number of hydrogen-bond acceptors (Lipinski definition) is 2. The van der Waals surface area contributed by atoms with E-state index in [1.807, 2.05) is 13.8 Å². The number of carboxylic acids is 1. The van der Waals surface area contributed by atoms with Crippen LogP contribution in [-0.2, 0) is 9.59 Å². The second-order valence-electron chi connectivity index (χ2n) is 3.16. The van der Waals surface area contributed by atoms with Gasteiger partial charge in [-0.3, -0.25) is 4.79 Å². The highest BCUT2D eigenvalue weighted by atomic mass is 16.4. The number of nitrogens with zero attached hydrogens (tertiary/aromatic N) is 1. The van der Waals surface area contributed by atoms with Crippen LogP contribution in [0.4, 0.5) is 0 Å². The molecule has 0 heterocycles. The zero-order valence-corrected chi connectivity index (χ0v) is 8.41. The lowest BCUT2D eigenvalue weighted by molar-refractivity contribution is -0.156. The molecule has 1 atom stereocenters. The zero-order valence-electron chi connectivity index (χ0n) is 8.41. The van der Waals surface area contributed by atoms with Crippen LogP contribution in [0.2, 0.25) is 0 Å². The Bertz CT molecular complexity index is 191. The van der Waals surface area contributed by atoms with Crippen molar-refractivity contribution in [3.8, 4) is 0 Å². The summed E-state index contributed by atoms with van der Waals surface area (Å²) < 4.78 is 0. The first-order valence-corrected chi connectivity index (χ1v) is 4.55. The molecule has 1 amide bonds. The van der Waals surface area contributed by atoms with E-state index in [2.05, 4.69) is 0 Å². The Morgan fingerprint density at radius 3 is 2.23 bits per heavy atom. The van der Waals surface area contributed by atoms with Crippen molar-refractivity contribution < 1.29 is 14.7 Å². The minimum Gasteiger partial charge on any atom is -0.474 e. The molecule has 0 bridgehead atoms. The monoisotopic (exact) mass is 187 g/mol. The Morgan fingerprint density at radius 1 is 1.38 bits per heavy atom. The van der Waals surface area contributed by atoms with Gasteiger partial charge in [0, 0.05) is 13.1 Å². The molecule has 0 fully saturated rings. The average molecular weight is 187 g/mol. The molecule has 0 aliphatic carbocycles. The molecule has 4 heteroatoms. The van der Waals surface area contributed by atoms with Crippen LogP contribution in [0.1, 0.15) is 27.2 Å². The summed E-state index contributed by atoms with van der Waals surface area (Å²) in [5.41, 5.74) is 0. The van der Waals surface area contributed by atoms with E-state index in [9.17, 15) is 9.59 Å². The number of carboxylic acid groups (broad SMARTS) is 1. The summed E-state index contributed by atoms with van der Waals surface area (Å²) >= 11 is 0. The van der Waals surface area contributed by atoms with E-state index in [-0.39, 0.29) is 0 Å². The maximum Gasteiger partial charge on any atom is 0.394 e. The number of likely N-dealkylation sites (N-methyl/N-ethyl adjacent to an activating group) is 1. The van der Waals surface area contributed by atoms with Crippen LogP contribution in [0.5, 0.6) is 0 Å². The van der Waals surface area contributed by atoms with Crippen molar-refractivity contribution in [2.24, 2.45) is 5.92 Å². The average Bonchev–Trinajstić information content (AvgIpc) is 2.12. The van der Waals surface area contributed by atoms with Gasteiger partial charge in [-0.25, -0.2) is 4.79 Å². The summed E-state index contributed by atoms with van der Waals surface area (Å²) in [6.45, 7) is 6.78. The Hall–Kier alpha value is -1.06. The summed E-state index contributed by atoms with van der Waals surface area (Å²) in [7, 11) is 0. The highest BCUT2D eigenvalue weighted by Gasteiger charge is 2.20. The minimum absolute atomic E-state index is 0.350. The normalized spacial score (nSPS) is 12.2. The van der Waals surface area contributed by atoms with Crippen LogP contribution in [-0.4, -0.2) is 35.0 Å². The molecule has 0 spiro atoms. The van der Waals surface area contributed by atoms with E-state index >= 15 is 0 Å². The van der Waals surface area contributed by atoms with E-state index in [0.29, 0.717) is 19.0 Å². The molecule has 0 aliphatic rings. The van der Waals surface area contributed by atoms with Gasteiger partial charge >= 0.3 is 11.9 Å². The highest BCUT2D eigenvalue weighted by molar-refractivity contribution is 6.31. The zero-order chi connectivity index (χ0) is 10.4. The molecule has 0 aliphatic heterocycles. The lowest BCUT2D eigenvalue weighted by Gasteiger charge is -2.21. The molecular weight excluding hydrogens is 170 g/mol. The standard InChI is InChI=1S/C9H17NO3/c1-4-7(3)6-10(5-2)8(11)9(12)13/h7H,4-6H2,1-3H3,(H,12,13). The maximum absolute atomic E-state index is 11.1. The second kappa shape index (κ2) is 5.56. The third-order valence-electron chi connectivity index (χ3n) is 2.08. The van der Waals surface area contributed by atoms with Crippen LogP contribution < -0.4 is 0 Å². The van der Waals surface area contributed by atoms with Crippen molar-refractivity contribution in [3.05, 3.63) is 0 Å². The topological polar surface area (TPSA) is 57.6 Å². The summed E-state index contributed by atoms with van der Waals surface area (Å²) in [4.78, 5) is 22.8. The maximum atomic E-state index is 11.1. The predicted molar refractivity (Wildman–Crippen MR) is 49.3 cm³/mol. The third-order valence-corrected chi connectivity index (χ3v) is 2.08. The van der Waals surface area contributed by atoms with Gasteiger partial charge in [-0.05, 0) is 12.8 Å². The fourth-order valence-corrected chi connectivity index (χ4v) is 0.996. The smallest absolute Gasteiger partial charge is 0.394 e. The van der Waals surface area contributed by atoms with Gasteiger partial charge in [0.15, 0.2) is 0 Å². The molecule has 0 aromatic rings. The van der Waals surface area contributed by atoms with Crippen LogP contribution >= 0.6 is 0 Å². The first-order chi connectivity index (χ1) is 6.02. The summed E-state index contributed by atoms with van der Waals surface area (Å²) in [5, 5.41) is 8.48. The molecule has 0 saturated carbocycles. The van der Waals surface area contributed by atoms with Crippen LogP contribution in [0.15, 0.2) is 0 Å². The number of amides is 1. The SMILES string of the molecule is CCC(C)CN(CC)C(=O)C(=O)O. The van der Waals surface area contributed by atoms with Crippen molar-refractivity contribution in [2.45, 2.75) is 27.2 Å². The molecule has 0 aromatic carbocycles. The van der Waals surface area contributed by atoms with Crippen molar-refractivity contribution in [2.75, 3.05) is 13.1 Å². The molecule has 0 rings (SSSR count). The molecule has 0 saturated heterocycles. The van der Waals surface area contributed by atoms with Crippen LogP contribution in [0, 0.1) is 5.92 Å². The fourth-order valence-electron chi connectivity index (χ4n) is 0.996.